The minimum Gasteiger partial charge on any atom is -0.477 e. The summed E-state index contributed by atoms with van der Waals surface area (Å²) in [5.74, 6) is 1.01. The van der Waals surface area contributed by atoms with Crippen molar-refractivity contribution in [1.29, 1.82) is 0 Å². The lowest BCUT2D eigenvalue weighted by molar-refractivity contribution is -0.127. The lowest BCUT2D eigenvalue weighted by Gasteiger charge is -2.34. The van der Waals surface area contributed by atoms with Crippen molar-refractivity contribution in [3.8, 4) is 5.75 Å². The maximum Gasteiger partial charge on any atom is 0.262 e. The number of carbonyl (C=O) groups excluding carboxylic acids is 2. The van der Waals surface area contributed by atoms with Crippen LogP contribution < -0.4 is 15.0 Å². The molecule has 0 saturated heterocycles. The second-order valence-electron chi connectivity index (χ2n) is 5.74. The number of anilines is 1. The molecule has 0 aromatic heterocycles. The predicted molar refractivity (Wildman–Crippen MR) is 100 cm³/mol. The highest BCUT2D eigenvalue weighted by atomic mass is 32.2. The normalized spacial score (nSPS) is 15.9. The Kier molecular flexibility index (Phi) is 5.28. The number of nitrogens with zero attached hydrogens (tertiary/aromatic N) is 1. The maximum absolute atomic E-state index is 13.1. The average molecular weight is 356 g/mol. The molecule has 1 atom stereocenters. The van der Waals surface area contributed by atoms with E-state index in [-0.39, 0.29) is 18.4 Å². The fourth-order valence-electron chi connectivity index (χ4n) is 2.84. The Bertz CT molecular complexity index is 794. The van der Waals surface area contributed by atoms with Crippen LogP contribution in [0.3, 0.4) is 0 Å². The first-order valence-corrected chi connectivity index (χ1v) is 9.40. The summed E-state index contributed by atoms with van der Waals surface area (Å²) in [6.07, 6.45) is 1.30. The monoisotopic (exact) mass is 356 g/mol. The number of rotatable bonds is 4. The quantitative estimate of drug-likeness (QED) is 0.915. The average Bonchev–Trinajstić information content (AvgIpc) is 2.66. The molecular formula is C19H20N2O3S. The third kappa shape index (κ3) is 3.64. The number of ether oxygens (including phenoxy) is 1. The minimum atomic E-state index is -0.724. The molecule has 6 heteroatoms. The van der Waals surface area contributed by atoms with Gasteiger partial charge in [0.15, 0.2) is 6.10 Å². The molecule has 3 rings (SSSR count). The molecule has 0 spiro atoms. The van der Waals surface area contributed by atoms with Gasteiger partial charge in [0.25, 0.3) is 11.8 Å². The fraction of sp³-hybridized carbons (Fsp3) is 0.263. The maximum atomic E-state index is 13.1. The van der Waals surface area contributed by atoms with Crippen LogP contribution in [-0.2, 0) is 10.5 Å². The summed E-state index contributed by atoms with van der Waals surface area (Å²) in [7, 11) is 1.56. The number of fused-ring (bicyclic) bond motifs is 1. The number of likely N-dealkylation sites (N-methyl/N-ethyl adjacent to an activating group) is 1. The van der Waals surface area contributed by atoms with Crippen LogP contribution in [0, 0.1) is 0 Å². The van der Waals surface area contributed by atoms with Gasteiger partial charge in [-0.05, 0) is 36.1 Å². The number of amides is 2. The molecule has 1 aliphatic heterocycles. The molecule has 2 amide bonds. The Morgan fingerprint density at radius 1 is 1.24 bits per heavy atom. The molecule has 2 aromatic rings. The second kappa shape index (κ2) is 7.61. The standard InChI is InChI=1S/C19H20N2O3S/c1-20-18(22)17-11-21(15-8-3-4-9-16(15)24-17)19(23)14-7-5-6-13(10-14)12-25-2/h3-10,17H,11-12H2,1-2H3,(H,20,22)/t17-/m0/s1. The highest BCUT2D eigenvalue weighted by Crippen LogP contribution is 2.34. The van der Waals surface area contributed by atoms with Gasteiger partial charge in [-0.25, -0.2) is 0 Å². The molecule has 0 radical (unpaired) electrons. The van der Waals surface area contributed by atoms with Gasteiger partial charge in [0.1, 0.15) is 5.75 Å². The van der Waals surface area contributed by atoms with Crippen molar-refractivity contribution in [3.05, 3.63) is 59.7 Å². The van der Waals surface area contributed by atoms with Gasteiger partial charge in [-0.3, -0.25) is 9.59 Å². The van der Waals surface area contributed by atoms with E-state index < -0.39 is 6.10 Å². The van der Waals surface area contributed by atoms with Crippen LogP contribution in [0.5, 0.6) is 5.75 Å². The van der Waals surface area contributed by atoms with Crippen LogP contribution in [0.1, 0.15) is 15.9 Å². The molecule has 5 nitrogen and oxygen atoms in total. The van der Waals surface area contributed by atoms with Gasteiger partial charge in [0.2, 0.25) is 0 Å². The number of para-hydroxylation sites is 2. The summed E-state index contributed by atoms with van der Waals surface area (Å²) in [6, 6.07) is 14.9. The van der Waals surface area contributed by atoms with Crippen molar-refractivity contribution in [3.63, 3.8) is 0 Å². The van der Waals surface area contributed by atoms with E-state index in [0.717, 1.165) is 11.3 Å². The molecule has 0 aliphatic carbocycles. The van der Waals surface area contributed by atoms with Gasteiger partial charge in [0.05, 0.1) is 12.2 Å². The SMILES string of the molecule is CNC(=O)[C@@H]1CN(C(=O)c2cccc(CSC)c2)c2ccccc2O1. The molecule has 0 unspecified atom stereocenters. The number of benzene rings is 2. The number of hydrogen-bond donors (Lipinski definition) is 1. The number of hydrogen-bond acceptors (Lipinski definition) is 4. The van der Waals surface area contributed by atoms with Gasteiger partial charge in [-0.15, -0.1) is 0 Å². The van der Waals surface area contributed by atoms with E-state index >= 15 is 0 Å². The van der Waals surface area contributed by atoms with Crippen LogP contribution >= 0.6 is 11.8 Å². The summed E-state index contributed by atoms with van der Waals surface area (Å²) in [6.45, 7) is 0.183. The molecule has 1 N–H and O–H groups in total. The summed E-state index contributed by atoms with van der Waals surface area (Å²) in [5, 5.41) is 2.59. The van der Waals surface area contributed by atoms with Crippen LogP contribution in [0.15, 0.2) is 48.5 Å². The van der Waals surface area contributed by atoms with E-state index in [4.69, 9.17) is 4.74 Å². The van der Waals surface area contributed by atoms with Crippen LogP contribution in [0.2, 0.25) is 0 Å². The number of nitrogens with one attached hydrogen (secondary N) is 1. The Labute approximate surface area is 151 Å². The lowest BCUT2D eigenvalue weighted by Crippen LogP contribution is -2.50. The van der Waals surface area contributed by atoms with E-state index in [9.17, 15) is 9.59 Å². The van der Waals surface area contributed by atoms with E-state index in [1.807, 2.05) is 42.7 Å². The third-order valence-corrected chi connectivity index (χ3v) is 4.66. The zero-order valence-electron chi connectivity index (χ0n) is 14.2. The van der Waals surface area contributed by atoms with E-state index in [2.05, 4.69) is 5.32 Å². The van der Waals surface area contributed by atoms with E-state index in [0.29, 0.717) is 17.0 Å². The van der Waals surface area contributed by atoms with Crippen molar-refractivity contribution < 1.29 is 14.3 Å². The third-order valence-electron chi connectivity index (χ3n) is 4.04. The van der Waals surface area contributed by atoms with Crippen molar-refractivity contribution >= 4 is 29.3 Å². The number of carbonyl (C=O) groups is 2. The zero-order valence-corrected chi connectivity index (χ0v) is 15.0. The van der Waals surface area contributed by atoms with Crippen LogP contribution in [0.4, 0.5) is 5.69 Å². The Hall–Kier alpha value is -2.47. The summed E-state index contributed by atoms with van der Waals surface area (Å²) in [4.78, 5) is 26.8. The molecule has 2 aromatic carbocycles. The van der Waals surface area contributed by atoms with Crippen LogP contribution in [-0.4, -0.2) is 37.8 Å². The Morgan fingerprint density at radius 3 is 2.80 bits per heavy atom. The largest absolute Gasteiger partial charge is 0.477 e. The molecule has 0 fully saturated rings. The highest BCUT2D eigenvalue weighted by Gasteiger charge is 2.33. The minimum absolute atomic E-state index is 0.132. The van der Waals surface area contributed by atoms with Gasteiger partial charge in [-0.1, -0.05) is 24.3 Å². The highest BCUT2D eigenvalue weighted by molar-refractivity contribution is 7.97. The molecule has 1 aliphatic rings. The molecule has 0 bridgehead atoms. The molecular weight excluding hydrogens is 336 g/mol. The smallest absolute Gasteiger partial charge is 0.262 e. The van der Waals surface area contributed by atoms with E-state index in [1.54, 1.807) is 35.8 Å². The summed E-state index contributed by atoms with van der Waals surface area (Å²) >= 11 is 1.71. The molecule has 0 saturated carbocycles. The van der Waals surface area contributed by atoms with Gasteiger partial charge in [-0.2, -0.15) is 11.8 Å². The first-order valence-electron chi connectivity index (χ1n) is 8.01. The Balaban J connectivity index is 1.95. The first kappa shape index (κ1) is 17.4. The summed E-state index contributed by atoms with van der Waals surface area (Å²) in [5.41, 5.74) is 2.39. The zero-order chi connectivity index (χ0) is 17.8. The van der Waals surface area contributed by atoms with Crippen molar-refractivity contribution in [2.75, 3.05) is 24.7 Å². The van der Waals surface area contributed by atoms with Crippen molar-refractivity contribution in [2.24, 2.45) is 0 Å². The molecule has 1 heterocycles. The first-order chi connectivity index (χ1) is 12.1. The number of thioether (sulfide) groups is 1. The fourth-order valence-corrected chi connectivity index (χ4v) is 3.35. The summed E-state index contributed by atoms with van der Waals surface area (Å²) < 4.78 is 5.75. The van der Waals surface area contributed by atoms with E-state index in [1.165, 1.54) is 0 Å². The van der Waals surface area contributed by atoms with Gasteiger partial charge < -0.3 is 15.0 Å². The topological polar surface area (TPSA) is 58.6 Å². The molecule has 130 valence electrons. The second-order valence-corrected chi connectivity index (χ2v) is 6.60. The van der Waals surface area contributed by atoms with Crippen LogP contribution in [0.25, 0.3) is 0 Å². The van der Waals surface area contributed by atoms with Crippen molar-refractivity contribution in [1.82, 2.24) is 5.32 Å². The van der Waals surface area contributed by atoms with Gasteiger partial charge in [0, 0.05) is 18.4 Å². The molecule has 25 heavy (non-hydrogen) atoms. The predicted octanol–water partition coefficient (Wildman–Crippen LogP) is 2.70. The lowest BCUT2D eigenvalue weighted by atomic mass is 10.1. The Morgan fingerprint density at radius 2 is 2.04 bits per heavy atom. The van der Waals surface area contributed by atoms with Crippen molar-refractivity contribution in [2.45, 2.75) is 11.9 Å². The van der Waals surface area contributed by atoms with Gasteiger partial charge >= 0.3 is 0 Å².